The van der Waals surface area contributed by atoms with Gasteiger partial charge >= 0.3 is 0 Å². The molecule has 0 unspecified atom stereocenters. The Kier molecular flexibility index (Phi) is 7.95. The van der Waals surface area contributed by atoms with Crippen molar-refractivity contribution in [2.24, 2.45) is 5.16 Å². The molecule has 0 bridgehead atoms. The Bertz CT molecular complexity index is 776. The van der Waals surface area contributed by atoms with Gasteiger partial charge in [0.25, 0.3) is 5.91 Å². The largest absolute Gasteiger partial charge is 0.493 e. The van der Waals surface area contributed by atoms with Crippen molar-refractivity contribution in [3.8, 4) is 11.5 Å². The van der Waals surface area contributed by atoms with E-state index in [2.05, 4.69) is 10.5 Å². The molecule has 0 radical (unpaired) electrons. The number of nitrogens with one attached hydrogen (secondary N) is 1. The number of nitrogens with zero attached hydrogens (tertiary/aromatic N) is 1. The molecule has 2 aromatic carbocycles. The van der Waals surface area contributed by atoms with Gasteiger partial charge in [-0.3, -0.25) is 4.79 Å². The fourth-order valence-corrected chi connectivity index (χ4v) is 2.29. The second kappa shape index (κ2) is 10.4. The van der Waals surface area contributed by atoms with Crippen molar-refractivity contribution < 1.29 is 19.1 Å². The lowest BCUT2D eigenvalue weighted by Gasteiger charge is -2.13. The van der Waals surface area contributed by atoms with Crippen LogP contribution < -0.4 is 14.8 Å². The fraction of sp³-hybridized carbons (Fsp3) is 0.300. The molecule has 6 nitrogen and oxygen atoms in total. The molecule has 0 aliphatic heterocycles. The zero-order valence-corrected chi connectivity index (χ0v) is 16.3. The minimum Gasteiger partial charge on any atom is -0.493 e. The van der Waals surface area contributed by atoms with Gasteiger partial charge in [-0.25, -0.2) is 0 Å². The average molecular weight is 391 g/mol. The summed E-state index contributed by atoms with van der Waals surface area (Å²) in [5.41, 5.74) is 1.72. The maximum Gasteiger partial charge on any atom is 0.261 e. The Morgan fingerprint density at radius 2 is 1.93 bits per heavy atom. The van der Waals surface area contributed by atoms with E-state index in [4.69, 9.17) is 25.9 Å². The van der Waals surface area contributed by atoms with E-state index in [1.165, 1.54) is 6.21 Å². The number of ether oxygens (including phenoxy) is 2. The highest BCUT2D eigenvalue weighted by Crippen LogP contribution is 2.28. The smallest absolute Gasteiger partial charge is 0.261 e. The molecule has 0 spiro atoms. The molecule has 2 rings (SSSR count). The minimum atomic E-state index is -0.264. The Balaban J connectivity index is 1.79. The summed E-state index contributed by atoms with van der Waals surface area (Å²) in [6.07, 6.45) is 1.56. The highest BCUT2D eigenvalue weighted by molar-refractivity contribution is 6.30. The Morgan fingerprint density at radius 1 is 1.19 bits per heavy atom. The Hall–Kier alpha value is -2.73. The predicted octanol–water partition coefficient (Wildman–Crippen LogP) is 3.80. The molecule has 0 saturated carbocycles. The molecule has 0 aliphatic carbocycles. The number of carbonyl (C=O) groups is 1. The van der Waals surface area contributed by atoms with Gasteiger partial charge in [-0.15, -0.1) is 0 Å². The van der Waals surface area contributed by atoms with Crippen LogP contribution in [0.25, 0.3) is 0 Å². The molecule has 0 atom stereocenters. The van der Waals surface area contributed by atoms with Crippen LogP contribution in [0.4, 0.5) is 0 Å². The molecule has 0 fully saturated rings. The molecule has 0 aliphatic rings. The van der Waals surface area contributed by atoms with Gasteiger partial charge in [-0.1, -0.05) is 28.9 Å². The number of oxime groups is 1. The summed E-state index contributed by atoms with van der Waals surface area (Å²) in [5.74, 6) is 1.00. The van der Waals surface area contributed by atoms with E-state index in [1.54, 1.807) is 31.4 Å². The third-order valence-corrected chi connectivity index (χ3v) is 3.68. The van der Waals surface area contributed by atoms with Gasteiger partial charge in [0, 0.05) is 17.1 Å². The maximum absolute atomic E-state index is 11.8. The van der Waals surface area contributed by atoms with E-state index >= 15 is 0 Å². The monoisotopic (exact) mass is 390 g/mol. The highest BCUT2D eigenvalue weighted by atomic mass is 35.5. The number of carbonyl (C=O) groups excluding carboxylic acids is 1. The molecule has 0 aromatic heterocycles. The van der Waals surface area contributed by atoms with Crippen LogP contribution in [0.2, 0.25) is 5.02 Å². The van der Waals surface area contributed by atoms with Gasteiger partial charge in [0.05, 0.1) is 19.4 Å². The van der Waals surface area contributed by atoms with Crippen molar-refractivity contribution in [2.45, 2.75) is 26.5 Å². The molecule has 7 heteroatoms. The molecule has 0 heterocycles. The van der Waals surface area contributed by atoms with E-state index in [1.807, 2.05) is 32.0 Å². The number of hydrogen-bond acceptors (Lipinski definition) is 5. The lowest BCUT2D eigenvalue weighted by Crippen LogP contribution is -2.26. The predicted molar refractivity (Wildman–Crippen MR) is 106 cm³/mol. The van der Waals surface area contributed by atoms with Gasteiger partial charge in [0.15, 0.2) is 18.1 Å². The maximum atomic E-state index is 11.8. The quantitative estimate of drug-likeness (QED) is 0.522. The average Bonchev–Trinajstić information content (AvgIpc) is 2.65. The summed E-state index contributed by atoms with van der Waals surface area (Å²) in [5, 5.41) is 7.21. The van der Waals surface area contributed by atoms with Gasteiger partial charge in [-0.2, -0.15) is 0 Å². The lowest BCUT2D eigenvalue weighted by atomic mass is 10.2. The number of halogens is 1. The van der Waals surface area contributed by atoms with Crippen molar-refractivity contribution in [2.75, 3.05) is 13.7 Å². The third kappa shape index (κ3) is 7.19. The summed E-state index contributed by atoms with van der Waals surface area (Å²) in [6, 6.07) is 12.7. The van der Waals surface area contributed by atoms with Gasteiger partial charge in [-0.05, 0) is 49.7 Å². The summed E-state index contributed by atoms with van der Waals surface area (Å²) in [7, 11) is 1.57. The van der Waals surface area contributed by atoms with Crippen LogP contribution in [0, 0.1) is 0 Å². The Morgan fingerprint density at radius 3 is 2.59 bits per heavy atom. The second-order valence-electron chi connectivity index (χ2n) is 5.99. The van der Waals surface area contributed by atoms with Crippen LogP contribution in [-0.2, 0) is 16.2 Å². The van der Waals surface area contributed by atoms with E-state index in [-0.39, 0.29) is 18.6 Å². The highest BCUT2D eigenvalue weighted by Gasteiger charge is 2.07. The number of amides is 1. The van der Waals surface area contributed by atoms with Crippen LogP contribution in [0.5, 0.6) is 11.5 Å². The molecule has 1 N–H and O–H groups in total. The summed E-state index contributed by atoms with van der Waals surface area (Å²) in [4.78, 5) is 16.8. The van der Waals surface area contributed by atoms with Crippen molar-refractivity contribution in [1.82, 2.24) is 5.32 Å². The summed E-state index contributed by atoms with van der Waals surface area (Å²) >= 11 is 5.82. The lowest BCUT2D eigenvalue weighted by molar-refractivity contribution is -0.125. The van der Waals surface area contributed by atoms with Crippen molar-refractivity contribution in [3.05, 3.63) is 58.6 Å². The first-order valence-corrected chi connectivity index (χ1v) is 8.87. The number of benzene rings is 2. The molecular weight excluding hydrogens is 368 g/mol. The Labute approximate surface area is 164 Å². The summed E-state index contributed by atoms with van der Waals surface area (Å²) < 4.78 is 11.0. The van der Waals surface area contributed by atoms with E-state index in [0.717, 1.165) is 11.1 Å². The zero-order valence-electron chi connectivity index (χ0n) is 15.6. The molecule has 2 aromatic rings. The van der Waals surface area contributed by atoms with Crippen LogP contribution in [0.3, 0.4) is 0 Å². The molecule has 27 heavy (non-hydrogen) atoms. The van der Waals surface area contributed by atoms with E-state index in [0.29, 0.717) is 23.1 Å². The second-order valence-corrected chi connectivity index (χ2v) is 6.42. The van der Waals surface area contributed by atoms with Gasteiger partial charge in [0.1, 0.15) is 0 Å². The van der Waals surface area contributed by atoms with Crippen LogP contribution in [0.15, 0.2) is 47.6 Å². The van der Waals surface area contributed by atoms with E-state index in [9.17, 15) is 4.79 Å². The standard InChI is InChI=1S/C20H23ClN2O4/c1-14(2)27-18-9-6-16(10-19(18)25-3)12-23-26-13-20(24)22-11-15-4-7-17(21)8-5-15/h4-10,12,14H,11,13H2,1-3H3,(H,22,24)/b23-12-. The normalized spacial score (nSPS) is 10.9. The number of rotatable bonds is 9. The fourth-order valence-electron chi connectivity index (χ4n) is 2.16. The van der Waals surface area contributed by atoms with E-state index < -0.39 is 0 Å². The number of hydrogen-bond donors (Lipinski definition) is 1. The van der Waals surface area contributed by atoms with Gasteiger partial charge in [0.2, 0.25) is 0 Å². The van der Waals surface area contributed by atoms with Crippen LogP contribution >= 0.6 is 11.6 Å². The van der Waals surface area contributed by atoms with Crippen LogP contribution in [-0.4, -0.2) is 31.9 Å². The number of methoxy groups -OCH3 is 1. The summed E-state index contributed by atoms with van der Waals surface area (Å²) in [6.45, 7) is 4.12. The van der Waals surface area contributed by atoms with Crippen molar-refractivity contribution in [3.63, 3.8) is 0 Å². The van der Waals surface area contributed by atoms with Crippen LogP contribution in [0.1, 0.15) is 25.0 Å². The SMILES string of the molecule is COc1cc(/C=N\OCC(=O)NCc2ccc(Cl)cc2)ccc1OC(C)C. The zero-order chi connectivity index (χ0) is 19.6. The molecule has 144 valence electrons. The first kappa shape index (κ1) is 20.6. The third-order valence-electron chi connectivity index (χ3n) is 3.43. The molecular formula is C20H23ClN2O4. The first-order valence-electron chi connectivity index (χ1n) is 8.49. The van der Waals surface area contributed by atoms with Crippen molar-refractivity contribution >= 4 is 23.7 Å². The molecule has 1 amide bonds. The van der Waals surface area contributed by atoms with Crippen molar-refractivity contribution in [1.29, 1.82) is 0 Å². The topological polar surface area (TPSA) is 69.2 Å². The first-order chi connectivity index (χ1) is 13.0. The molecule has 0 saturated heterocycles. The minimum absolute atomic E-state index is 0.0492. The van der Waals surface area contributed by atoms with Gasteiger partial charge < -0.3 is 19.6 Å².